The van der Waals surface area contributed by atoms with Gasteiger partial charge in [0.25, 0.3) is 0 Å². The Morgan fingerprint density at radius 3 is 2.70 bits per heavy atom. The largest absolute Gasteiger partial charge is 0.375 e. The monoisotopic (exact) mass is 310 g/mol. The van der Waals surface area contributed by atoms with E-state index < -0.39 is 0 Å². The maximum atomic E-state index is 12.0. The van der Waals surface area contributed by atoms with E-state index in [9.17, 15) is 4.79 Å². The van der Waals surface area contributed by atoms with E-state index in [0.717, 1.165) is 24.1 Å². The lowest BCUT2D eigenvalue weighted by molar-refractivity contribution is -0.136. The van der Waals surface area contributed by atoms with Crippen LogP contribution in [0.4, 0.5) is 0 Å². The molecule has 1 aliphatic rings. The molecule has 1 amide bonds. The third kappa shape index (κ3) is 3.44. The zero-order valence-corrected chi connectivity index (χ0v) is 13.4. The highest BCUT2D eigenvalue weighted by Crippen LogP contribution is 2.25. The number of amides is 1. The second kappa shape index (κ2) is 6.94. The predicted molar refractivity (Wildman–Crippen MR) is 89.9 cm³/mol. The van der Waals surface area contributed by atoms with Crippen LogP contribution in [0.2, 0.25) is 0 Å². The van der Waals surface area contributed by atoms with Gasteiger partial charge in [-0.2, -0.15) is 0 Å². The molecule has 1 unspecified atom stereocenters. The second-order valence-corrected chi connectivity index (χ2v) is 5.91. The molecular weight excluding hydrogens is 288 g/mol. The van der Waals surface area contributed by atoms with E-state index >= 15 is 0 Å². The number of nitrogens with two attached hydrogens (primary N) is 1. The quantitative estimate of drug-likeness (QED) is 0.942. The maximum Gasteiger partial charge on any atom is 0.248 e. The average Bonchev–Trinajstić information content (AvgIpc) is 2.61. The number of nitrogens with zero attached hydrogens (tertiary/aromatic N) is 1. The smallest absolute Gasteiger partial charge is 0.248 e. The van der Waals surface area contributed by atoms with Crippen molar-refractivity contribution < 1.29 is 9.53 Å². The highest BCUT2D eigenvalue weighted by molar-refractivity contribution is 5.77. The number of rotatable bonds is 4. The minimum Gasteiger partial charge on any atom is -0.375 e. The molecule has 0 radical (unpaired) electrons. The highest BCUT2D eigenvalue weighted by Gasteiger charge is 2.21. The molecular formula is C19H22N2O2. The van der Waals surface area contributed by atoms with Gasteiger partial charge in [0, 0.05) is 20.2 Å². The van der Waals surface area contributed by atoms with Gasteiger partial charge >= 0.3 is 0 Å². The van der Waals surface area contributed by atoms with Gasteiger partial charge < -0.3 is 15.4 Å². The van der Waals surface area contributed by atoms with Gasteiger partial charge in [-0.1, -0.05) is 48.5 Å². The van der Waals surface area contributed by atoms with Crippen molar-refractivity contribution in [3.05, 3.63) is 70.8 Å². The fourth-order valence-corrected chi connectivity index (χ4v) is 3.05. The molecule has 1 atom stereocenters. The second-order valence-electron chi connectivity index (χ2n) is 5.91. The molecule has 1 heterocycles. The summed E-state index contributed by atoms with van der Waals surface area (Å²) >= 11 is 0. The topological polar surface area (TPSA) is 55.6 Å². The van der Waals surface area contributed by atoms with Crippen LogP contribution in [0.5, 0.6) is 0 Å². The van der Waals surface area contributed by atoms with Crippen molar-refractivity contribution in [2.75, 3.05) is 20.3 Å². The van der Waals surface area contributed by atoms with Crippen molar-refractivity contribution in [3.8, 4) is 0 Å². The molecule has 3 rings (SSSR count). The van der Waals surface area contributed by atoms with Crippen LogP contribution in [0.1, 0.15) is 28.3 Å². The minimum absolute atomic E-state index is 0.0379. The van der Waals surface area contributed by atoms with Gasteiger partial charge in [-0.3, -0.25) is 4.79 Å². The number of carbonyl (C=O) groups excluding carboxylic acids is 1. The van der Waals surface area contributed by atoms with Crippen molar-refractivity contribution in [2.45, 2.75) is 19.0 Å². The fraction of sp³-hybridized carbons (Fsp3) is 0.316. The van der Waals surface area contributed by atoms with Crippen molar-refractivity contribution in [2.24, 2.45) is 5.73 Å². The molecule has 1 aliphatic heterocycles. The molecule has 2 aromatic carbocycles. The van der Waals surface area contributed by atoms with Crippen LogP contribution >= 0.6 is 0 Å². The van der Waals surface area contributed by atoms with E-state index in [2.05, 4.69) is 18.2 Å². The SMILES string of the molecule is COCC(=O)N1CCc2ccc(C(N)c3ccccc3)cc2C1. The molecule has 0 fully saturated rings. The number of methoxy groups -OCH3 is 1. The van der Waals surface area contributed by atoms with E-state index in [1.165, 1.54) is 11.1 Å². The first-order valence-electron chi connectivity index (χ1n) is 7.88. The van der Waals surface area contributed by atoms with Crippen LogP contribution in [0.25, 0.3) is 0 Å². The molecule has 2 aromatic rings. The van der Waals surface area contributed by atoms with Crippen molar-refractivity contribution in [1.29, 1.82) is 0 Å². The van der Waals surface area contributed by atoms with Crippen molar-refractivity contribution >= 4 is 5.91 Å². The summed E-state index contributed by atoms with van der Waals surface area (Å²) in [4.78, 5) is 13.9. The Balaban J connectivity index is 1.82. The summed E-state index contributed by atoms with van der Waals surface area (Å²) in [6.07, 6.45) is 0.881. The number of hydrogen-bond donors (Lipinski definition) is 1. The maximum absolute atomic E-state index is 12.0. The van der Waals surface area contributed by atoms with Gasteiger partial charge in [0.15, 0.2) is 0 Å². The van der Waals surface area contributed by atoms with Crippen LogP contribution in [-0.2, 0) is 22.5 Å². The van der Waals surface area contributed by atoms with Crippen molar-refractivity contribution in [1.82, 2.24) is 4.90 Å². The lowest BCUT2D eigenvalue weighted by Crippen LogP contribution is -2.38. The van der Waals surface area contributed by atoms with E-state index in [1.54, 1.807) is 7.11 Å². The molecule has 120 valence electrons. The number of hydrogen-bond acceptors (Lipinski definition) is 3. The Kier molecular flexibility index (Phi) is 4.74. The van der Waals surface area contributed by atoms with Crippen LogP contribution in [0.3, 0.4) is 0 Å². The van der Waals surface area contributed by atoms with E-state index in [0.29, 0.717) is 6.54 Å². The van der Waals surface area contributed by atoms with Crippen LogP contribution in [0.15, 0.2) is 48.5 Å². The Morgan fingerprint density at radius 2 is 1.96 bits per heavy atom. The first-order valence-corrected chi connectivity index (χ1v) is 7.88. The molecule has 4 heteroatoms. The van der Waals surface area contributed by atoms with Gasteiger partial charge in [-0.25, -0.2) is 0 Å². The fourth-order valence-electron chi connectivity index (χ4n) is 3.05. The molecule has 0 saturated carbocycles. The molecule has 0 spiro atoms. The van der Waals surface area contributed by atoms with E-state index in [4.69, 9.17) is 10.5 Å². The van der Waals surface area contributed by atoms with Crippen LogP contribution in [-0.4, -0.2) is 31.1 Å². The lowest BCUT2D eigenvalue weighted by Gasteiger charge is -2.29. The van der Waals surface area contributed by atoms with E-state index in [-0.39, 0.29) is 18.6 Å². The summed E-state index contributed by atoms with van der Waals surface area (Å²) in [5, 5.41) is 0. The van der Waals surface area contributed by atoms with Gasteiger partial charge in [0.2, 0.25) is 5.91 Å². The number of benzene rings is 2. The Labute approximate surface area is 136 Å². The van der Waals surface area contributed by atoms with E-state index in [1.807, 2.05) is 35.2 Å². The predicted octanol–water partition coefficient (Wildman–Crippen LogP) is 2.27. The van der Waals surface area contributed by atoms with Gasteiger partial charge in [-0.05, 0) is 28.7 Å². The standard InChI is InChI=1S/C19H22N2O2/c1-23-13-18(22)21-10-9-14-7-8-16(11-17(14)12-21)19(20)15-5-3-2-4-6-15/h2-8,11,19H,9-10,12-13,20H2,1H3. The highest BCUT2D eigenvalue weighted by atomic mass is 16.5. The number of ether oxygens (including phenoxy) is 1. The normalized spacial score (nSPS) is 15.1. The molecule has 0 aromatic heterocycles. The molecule has 23 heavy (non-hydrogen) atoms. The summed E-state index contributed by atoms with van der Waals surface area (Å²) < 4.78 is 4.95. The number of carbonyl (C=O) groups is 1. The molecule has 4 nitrogen and oxygen atoms in total. The third-order valence-electron chi connectivity index (χ3n) is 4.38. The third-order valence-corrected chi connectivity index (χ3v) is 4.38. The summed E-state index contributed by atoms with van der Waals surface area (Å²) in [5.41, 5.74) is 11.0. The first kappa shape index (κ1) is 15.7. The van der Waals surface area contributed by atoms with Gasteiger partial charge in [0.05, 0.1) is 6.04 Å². The summed E-state index contributed by atoms with van der Waals surface area (Å²) in [7, 11) is 1.55. The summed E-state index contributed by atoms with van der Waals surface area (Å²) in [6, 6.07) is 16.3. The van der Waals surface area contributed by atoms with Crippen LogP contribution in [0, 0.1) is 0 Å². The Bertz CT molecular complexity index is 685. The Morgan fingerprint density at radius 1 is 1.17 bits per heavy atom. The minimum atomic E-state index is -0.147. The zero-order chi connectivity index (χ0) is 16.2. The van der Waals surface area contributed by atoms with Gasteiger partial charge in [0.1, 0.15) is 6.61 Å². The summed E-state index contributed by atoms with van der Waals surface area (Å²) in [6.45, 7) is 1.52. The average molecular weight is 310 g/mol. The molecule has 0 bridgehead atoms. The lowest BCUT2D eigenvalue weighted by atomic mass is 9.92. The summed E-state index contributed by atoms with van der Waals surface area (Å²) in [5.74, 6) is 0.0379. The first-order chi connectivity index (χ1) is 11.2. The Hall–Kier alpha value is -2.17. The van der Waals surface area contributed by atoms with Crippen LogP contribution < -0.4 is 5.73 Å². The van der Waals surface area contributed by atoms with Crippen molar-refractivity contribution in [3.63, 3.8) is 0 Å². The molecule has 0 saturated heterocycles. The molecule has 0 aliphatic carbocycles. The molecule has 2 N–H and O–H groups in total. The zero-order valence-electron chi connectivity index (χ0n) is 13.4. The van der Waals surface area contributed by atoms with Gasteiger partial charge in [-0.15, -0.1) is 0 Å². The number of fused-ring (bicyclic) bond motifs is 1.